The van der Waals surface area contributed by atoms with Crippen LogP contribution in [0.25, 0.3) is 6.08 Å². The molecule has 6 nitrogen and oxygen atoms in total. The van der Waals surface area contributed by atoms with Gasteiger partial charge >= 0.3 is 5.97 Å². The second kappa shape index (κ2) is 8.37. The number of hydrogen-bond acceptors (Lipinski definition) is 6. The van der Waals surface area contributed by atoms with Crippen LogP contribution in [0.5, 0.6) is 11.5 Å². The fourth-order valence-corrected chi connectivity index (χ4v) is 2.67. The van der Waals surface area contributed by atoms with E-state index in [0.717, 1.165) is 11.1 Å². The Kier molecular flexibility index (Phi) is 6.22. The van der Waals surface area contributed by atoms with Crippen LogP contribution >= 0.6 is 0 Å². The molecular formula is C19H22O6. The molecule has 0 bridgehead atoms. The van der Waals surface area contributed by atoms with Gasteiger partial charge in [-0.2, -0.15) is 0 Å². The van der Waals surface area contributed by atoms with Crippen molar-refractivity contribution in [1.82, 2.24) is 0 Å². The van der Waals surface area contributed by atoms with Crippen molar-refractivity contribution in [3.05, 3.63) is 41.2 Å². The summed E-state index contributed by atoms with van der Waals surface area (Å²) in [6.45, 7) is 3.37. The SMILES string of the molecule is CCOC(=O)/C(=C/C1OC=Cc2c(OC)ccc(OC)c21)CC(C)=O. The highest BCUT2D eigenvalue weighted by Crippen LogP contribution is 2.41. The summed E-state index contributed by atoms with van der Waals surface area (Å²) in [7, 11) is 3.14. The highest BCUT2D eigenvalue weighted by atomic mass is 16.5. The minimum Gasteiger partial charge on any atom is -0.496 e. The molecule has 0 amide bonds. The van der Waals surface area contributed by atoms with Gasteiger partial charge in [-0.15, -0.1) is 0 Å². The van der Waals surface area contributed by atoms with Crippen molar-refractivity contribution in [3.8, 4) is 11.5 Å². The fourth-order valence-electron chi connectivity index (χ4n) is 2.67. The van der Waals surface area contributed by atoms with E-state index in [2.05, 4.69) is 0 Å². The van der Waals surface area contributed by atoms with Crippen molar-refractivity contribution in [3.63, 3.8) is 0 Å². The van der Waals surface area contributed by atoms with Gasteiger partial charge in [-0.25, -0.2) is 4.79 Å². The molecule has 0 saturated heterocycles. The van der Waals surface area contributed by atoms with Crippen LogP contribution in [0.3, 0.4) is 0 Å². The number of ether oxygens (including phenoxy) is 4. The highest BCUT2D eigenvalue weighted by Gasteiger charge is 2.26. The van der Waals surface area contributed by atoms with Gasteiger partial charge in [0.2, 0.25) is 0 Å². The van der Waals surface area contributed by atoms with Crippen molar-refractivity contribution in [1.29, 1.82) is 0 Å². The maximum atomic E-state index is 12.2. The van der Waals surface area contributed by atoms with Crippen molar-refractivity contribution < 1.29 is 28.5 Å². The van der Waals surface area contributed by atoms with Gasteiger partial charge in [0.05, 0.1) is 27.1 Å². The zero-order valence-corrected chi connectivity index (χ0v) is 14.8. The van der Waals surface area contributed by atoms with Crippen molar-refractivity contribution >= 4 is 17.8 Å². The number of carbonyl (C=O) groups is 2. The molecule has 1 aromatic rings. The Labute approximate surface area is 147 Å². The molecule has 134 valence electrons. The third-order valence-electron chi connectivity index (χ3n) is 3.72. The normalized spacial score (nSPS) is 15.8. The Morgan fingerprint density at radius 2 is 1.88 bits per heavy atom. The first kappa shape index (κ1) is 18.6. The molecule has 1 unspecified atom stereocenters. The van der Waals surface area contributed by atoms with Gasteiger partial charge in [0.25, 0.3) is 0 Å². The quantitative estimate of drug-likeness (QED) is 0.558. The molecule has 0 saturated carbocycles. The summed E-state index contributed by atoms with van der Waals surface area (Å²) in [5.41, 5.74) is 1.79. The maximum absolute atomic E-state index is 12.2. The minimum absolute atomic E-state index is 0.0238. The molecule has 2 rings (SSSR count). The Balaban J connectivity index is 2.51. The van der Waals surface area contributed by atoms with Crippen LogP contribution in [0.1, 0.15) is 37.5 Å². The van der Waals surface area contributed by atoms with Crippen molar-refractivity contribution in [2.45, 2.75) is 26.4 Å². The van der Waals surface area contributed by atoms with E-state index >= 15 is 0 Å². The molecule has 0 spiro atoms. The van der Waals surface area contributed by atoms with Gasteiger partial charge in [0.1, 0.15) is 23.4 Å². The van der Waals surface area contributed by atoms with E-state index in [4.69, 9.17) is 18.9 Å². The molecule has 6 heteroatoms. The number of rotatable bonds is 7. The van der Waals surface area contributed by atoms with E-state index in [9.17, 15) is 9.59 Å². The smallest absolute Gasteiger partial charge is 0.334 e. The predicted molar refractivity (Wildman–Crippen MR) is 92.4 cm³/mol. The van der Waals surface area contributed by atoms with Gasteiger partial charge in [-0.05, 0) is 38.1 Å². The molecule has 0 fully saturated rings. The molecule has 0 aromatic heterocycles. The molecule has 1 atom stereocenters. The zero-order chi connectivity index (χ0) is 18.4. The minimum atomic E-state index is -0.594. The van der Waals surface area contributed by atoms with Crippen LogP contribution in [0.4, 0.5) is 0 Å². The van der Waals surface area contributed by atoms with Crippen LogP contribution in [-0.4, -0.2) is 32.6 Å². The fraction of sp³-hybridized carbons (Fsp3) is 0.368. The summed E-state index contributed by atoms with van der Waals surface area (Å²) >= 11 is 0. The Bertz CT molecular complexity index is 717. The van der Waals surface area contributed by atoms with Gasteiger partial charge in [-0.3, -0.25) is 4.79 Å². The largest absolute Gasteiger partial charge is 0.496 e. The number of benzene rings is 1. The second-order valence-electron chi connectivity index (χ2n) is 5.45. The first-order valence-electron chi connectivity index (χ1n) is 7.95. The standard InChI is InChI=1S/C19H22O6/c1-5-24-19(21)13(10-12(2)20)11-17-18-14(8-9-25-17)15(22-3)6-7-16(18)23-4/h6-9,11,17H,5,10H2,1-4H3/b13-11+. The Morgan fingerprint density at radius 3 is 2.48 bits per heavy atom. The molecule has 1 heterocycles. The number of carbonyl (C=O) groups excluding carboxylic acids is 2. The second-order valence-corrected chi connectivity index (χ2v) is 5.45. The summed E-state index contributed by atoms with van der Waals surface area (Å²) in [5, 5.41) is 0. The van der Waals surface area contributed by atoms with Gasteiger partial charge in [-0.1, -0.05) is 0 Å². The summed E-state index contributed by atoms with van der Waals surface area (Å²) in [4.78, 5) is 23.7. The average molecular weight is 346 g/mol. The van der Waals surface area contributed by atoms with Crippen LogP contribution in [-0.2, 0) is 19.1 Å². The molecule has 0 N–H and O–H groups in total. The predicted octanol–water partition coefficient (Wildman–Crippen LogP) is 3.21. The number of ketones is 1. The van der Waals surface area contributed by atoms with E-state index in [1.165, 1.54) is 13.2 Å². The van der Waals surface area contributed by atoms with Crippen LogP contribution in [0.15, 0.2) is 30.0 Å². The third kappa shape index (κ3) is 4.21. The van der Waals surface area contributed by atoms with Gasteiger partial charge < -0.3 is 18.9 Å². The Morgan fingerprint density at radius 1 is 1.20 bits per heavy atom. The van der Waals surface area contributed by atoms with E-state index in [0.29, 0.717) is 11.5 Å². The van der Waals surface area contributed by atoms with Crippen molar-refractivity contribution in [2.24, 2.45) is 0 Å². The average Bonchev–Trinajstić information content (AvgIpc) is 2.60. The lowest BCUT2D eigenvalue weighted by Gasteiger charge is -2.24. The Hall–Kier alpha value is -2.76. The van der Waals surface area contributed by atoms with E-state index in [1.807, 2.05) is 0 Å². The van der Waals surface area contributed by atoms with Gasteiger partial charge in [0.15, 0.2) is 0 Å². The molecule has 25 heavy (non-hydrogen) atoms. The first-order chi connectivity index (χ1) is 12.0. The maximum Gasteiger partial charge on any atom is 0.334 e. The lowest BCUT2D eigenvalue weighted by molar-refractivity contribution is -0.139. The van der Waals surface area contributed by atoms with E-state index in [1.54, 1.807) is 45.4 Å². The third-order valence-corrected chi connectivity index (χ3v) is 3.72. The molecule has 1 aliphatic heterocycles. The number of Topliss-reactive ketones (excluding diaryl/α,β-unsaturated/α-hetero) is 1. The summed E-state index contributed by atoms with van der Waals surface area (Å²) in [5.74, 6) is 0.605. The number of methoxy groups -OCH3 is 2. The summed E-state index contributed by atoms with van der Waals surface area (Å²) in [6, 6.07) is 3.58. The first-order valence-corrected chi connectivity index (χ1v) is 7.95. The lowest BCUT2D eigenvalue weighted by atomic mass is 9.95. The van der Waals surface area contributed by atoms with E-state index in [-0.39, 0.29) is 24.4 Å². The van der Waals surface area contributed by atoms with Crippen LogP contribution in [0, 0.1) is 0 Å². The monoisotopic (exact) mass is 346 g/mol. The number of hydrogen-bond donors (Lipinski definition) is 0. The number of fused-ring (bicyclic) bond motifs is 1. The highest BCUT2D eigenvalue weighted by molar-refractivity contribution is 5.95. The summed E-state index contributed by atoms with van der Waals surface area (Å²) < 4.78 is 21.5. The number of esters is 1. The molecule has 1 aromatic carbocycles. The topological polar surface area (TPSA) is 71.1 Å². The molecule has 0 aliphatic carbocycles. The van der Waals surface area contributed by atoms with Crippen LogP contribution in [0.2, 0.25) is 0 Å². The molecule has 1 aliphatic rings. The lowest BCUT2D eigenvalue weighted by Crippen LogP contribution is -2.14. The molecular weight excluding hydrogens is 324 g/mol. The molecule has 0 radical (unpaired) electrons. The van der Waals surface area contributed by atoms with E-state index < -0.39 is 12.1 Å². The van der Waals surface area contributed by atoms with Gasteiger partial charge in [0, 0.05) is 23.1 Å². The van der Waals surface area contributed by atoms with Crippen LogP contribution < -0.4 is 9.47 Å². The zero-order valence-electron chi connectivity index (χ0n) is 14.8. The van der Waals surface area contributed by atoms with Crippen molar-refractivity contribution in [2.75, 3.05) is 20.8 Å². The summed E-state index contributed by atoms with van der Waals surface area (Å²) in [6.07, 6.45) is 4.29.